The first-order valence-electron chi connectivity index (χ1n) is 6.89. The van der Waals surface area contributed by atoms with Gasteiger partial charge >= 0.3 is 0 Å². The Bertz CT molecular complexity index is 597. The van der Waals surface area contributed by atoms with Gasteiger partial charge in [-0.25, -0.2) is 0 Å². The maximum Gasteiger partial charge on any atom is 0.150 e. The molecule has 0 N–H and O–H groups in total. The zero-order chi connectivity index (χ0) is 16.2. The van der Waals surface area contributed by atoms with Crippen LogP contribution in [-0.2, 0) is 0 Å². The Morgan fingerprint density at radius 2 is 1.82 bits per heavy atom. The minimum Gasteiger partial charge on any atom is -0.494 e. The maximum atomic E-state index is 10.6. The van der Waals surface area contributed by atoms with Crippen molar-refractivity contribution >= 4 is 6.29 Å². The second-order valence-electron chi connectivity index (χ2n) is 4.08. The minimum atomic E-state index is 0.569. The van der Waals surface area contributed by atoms with Gasteiger partial charge in [-0.15, -0.1) is 0 Å². The van der Waals surface area contributed by atoms with Crippen LogP contribution in [0, 0.1) is 11.3 Å². The largest absolute Gasteiger partial charge is 0.494 e. The average molecular weight is 298 g/mol. The van der Waals surface area contributed by atoms with E-state index >= 15 is 0 Å². The highest BCUT2D eigenvalue weighted by atomic mass is 16.5. The number of aromatic nitrogens is 1. The molecule has 5 heteroatoms. The predicted molar refractivity (Wildman–Crippen MR) is 83.1 cm³/mol. The number of aldehydes is 1. The highest BCUT2D eigenvalue weighted by molar-refractivity contribution is 5.76. The van der Waals surface area contributed by atoms with E-state index in [9.17, 15) is 4.79 Å². The molecule has 0 atom stereocenters. The minimum absolute atomic E-state index is 0.569. The zero-order valence-electron chi connectivity index (χ0n) is 12.7. The van der Waals surface area contributed by atoms with Gasteiger partial charge in [-0.05, 0) is 38.1 Å². The van der Waals surface area contributed by atoms with Crippen molar-refractivity contribution in [3.8, 4) is 17.6 Å². The topological polar surface area (TPSA) is 72.2 Å². The fraction of sp³-hybridized carbons (Fsp3) is 0.235. The van der Waals surface area contributed by atoms with Gasteiger partial charge in [0.1, 0.15) is 23.9 Å². The second-order valence-corrected chi connectivity index (χ2v) is 4.08. The SMILES string of the molecule is CCOc1cc(C=O)cc(OCC)c1.N#Cc1cccnc1. The molecule has 1 aromatic carbocycles. The lowest BCUT2D eigenvalue weighted by Crippen LogP contribution is -1.96. The quantitative estimate of drug-likeness (QED) is 0.792. The molecule has 0 aliphatic rings. The summed E-state index contributed by atoms with van der Waals surface area (Å²) in [6, 6.07) is 10.6. The van der Waals surface area contributed by atoms with Gasteiger partial charge in [-0.1, -0.05) is 0 Å². The molecule has 0 spiro atoms. The van der Waals surface area contributed by atoms with Crippen LogP contribution in [0.1, 0.15) is 29.8 Å². The summed E-state index contributed by atoms with van der Waals surface area (Å²) in [6.45, 7) is 4.95. The van der Waals surface area contributed by atoms with Crippen molar-refractivity contribution in [3.05, 3.63) is 53.9 Å². The molecule has 0 radical (unpaired) electrons. The summed E-state index contributed by atoms with van der Waals surface area (Å²) in [5.41, 5.74) is 1.17. The molecule has 0 aliphatic carbocycles. The number of ether oxygens (including phenoxy) is 2. The molecule has 0 aliphatic heterocycles. The van der Waals surface area contributed by atoms with Gasteiger partial charge in [0, 0.05) is 24.0 Å². The third-order valence-corrected chi connectivity index (χ3v) is 2.45. The molecule has 0 unspecified atom stereocenters. The van der Waals surface area contributed by atoms with E-state index in [2.05, 4.69) is 4.98 Å². The normalized spacial score (nSPS) is 8.95. The third-order valence-electron chi connectivity index (χ3n) is 2.45. The van der Waals surface area contributed by atoms with Crippen LogP contribution in [0.5, 0.6) is 11.5 Å². The number of benzene rings is 1. The van der Waals surface area contributed by atoms with E-state index in [0.29, 0.717) is 35.8 Å². The van der Waals surface area contributed by atoms with Gasteiger partial charge in [0.05, 0.1) is 18.8 Å². The number of carbonyl (C=O) groups excluding carboxylic acids is 1. The Morgan fingerprint density at radius 1 is 1.18 bits per heavy atom. The second kappa shape index (κ2) is 9.94. The summed E-state index contributed by atoms with van der Waals surface area (Å²) in [6.07, 6.45) is 3.95. The monoisotopic (exact) mass is 298 g/mol. The Hall–Kier alpha value is -2.87. The fourth-order valence-electron chi connectivity index (χ4n) is 1.59. The van der Waals surface area contributed by atoms with Crippen LogP contribution in [-0.4, -0.2) is 24.5 Å². The van der Waals surface area contributed by atoms with E-state index in [1.165, 1.54) is 6.20 Å². The van der Waals surface area contributed by atoms with Crippen molar-refractivity contribution in [1.82, 2.24) is 4.98 Å². The highest BCUT2D eigenvalue weighted by Crippen LogP contribution is 2.22. The Labute approximate surface area is 130 Å². The number of nitrogens with zero attached hydrogens (tertiary/aromatic N) is 2. The van der Waals surface area contributed by atoms with Crippen LogP contribution in [0.15, 0.2) is 42.7 Å². The lowest BCUT2D eigenvalue weighted by atomic mass is 10.2. The molecule has 22 heavy (non-hydrogen) atoms. The molecule has 114 valence electrons. The van der Waals surface area contributed by atoms with Crippen molar-refractivity contribution in [3.63, 3.8) is 0 Å². The average Bonchev–Trinajstić information content (AvgIpc) is 2.56. The van der Waals surface area contributed by atoms with Crippen molar-refractivity contribution < 1.29 is 14.3 Å². The summed E-state index contributed by atoms with van der Waals surface area (Å²) in [5.74, 6) is 1.33. The van der Waals surface area contributed by atoms with Gasteiger partial charge < -0.3 is 9.47 Å². The van der Waals surface area contributed by atoms with Gasteiger partial charge in [-0.3, -0.25) is 9.78 Å². The van der Waals surface area contributed by atoms with Crippen LogP contribution < -0.4 is 9.47 Å². The summed E-state index contributed by atoms with van der Waals surface area (Å²) in [7, 11) is 0. The van der Waals surface area contributed by atoms with E-state index < -0.39 is 0 Å². The first kappa shape index (κ1) is 17.2. The number of hydrogen-bond acceptors (Lipinski definition) is 5. The number of pyridine rings is 1. The van der Waals surface area contributed by atoms with Gasteiger partial charge in [0.2, 0.25) is 0 Å². The van der Waals surface area contributed by atoms with E-state index in [0.717, 1.165) is 6.29 Å². The summed E-state index contributed by atoms with van der Waals surface area (Å²) in [5, 5.41) is 8.25. The number of nitriles is 1. The molecular formula is C17H18N2O3. The lowest BCUT2D eigenvalue weighted by Gasteiger charge is -2.07. The molecule has 0 saturated carbocycles. The number of hydrogen-bond donors (Lipinski definition) is 0. The summed E-state index contributed by atoms with van der Waals surface area (Å²) < 4.78 is 10.6. The highest BCUT2D eigenvalue weighted by Gasteiger charge is 2.01. The molecular weight excluding hydrogens is 280 g/mol. The first-order chi connectivity index (χ1) is 10.7. The van der Waals surface area contributed by atoms with Crippen LogP contribution in [0.4, 0.5) is 0 Å². The van der Waals surface area contributed by atoms with Crippen molar-refractivity contribution in [1.29, 1.82) is 5.26 Å². The molecule has 0 bridgehead atoms. The Balaban J connectivity index is 0.000000255. The lowest BCUT2D eigenvalue weighted by molar-refractivity contribution is 0.112. The van der Waals surface area contributed by atoms with Gasteiger partial charge in [0.25, 0.3) is 0 Å². The van der Waals surface area contributed by atoms with Crippen molar-refractivity contribution in [2.24, 2.45) is 0 Å². The standard InChI is InChI=1S/C11H14O3.C6H4N2/c1-3-13-10-5-9(8-12)6-11(7-10)14-4-2;7-4-6-2-1-3-8-5-6/h5-8H,3-4H2,1-2H3;1-3,5H. The molecule has 0 fully saturated rings. The van der Waals surface area contributed by atoms with E-state index in [1.54, 1.807) is 36.5 Å². The summed E-state index contributed by atoms with van der Waals surface area (Å²) >= 11 is 0. The number of rotatable bonds is 5. The summed E-state index contributed by atoms with van der Waals surface area (Å²) in [4.78, 5) is 14.3. The Kier molecular flexibility index (Phi) is 7.77. The predicted octanol–water partition coefficient (Wildman–Crippen LogP) is 3.25. The zero-order valence-corrected chi connectivity index (χ0v) is 12.7. The third kappa shape index (κ3) is 6.06. The van der Waals surface area contributed by atoms with E-state index in [1.807, 2.05) is 19.9 Å². The fourth-order valence-corrected chi connectivity index (χ4v) is 1.59. The van der Waals surface area contributed by atoms with Crippen LogP contribution in [0.2, 0.25) is 0 Å². The molecule has 1 heterocycles. The van der Waals surface area contributed by atoms with E-state index in [-0.39, 0.29) is 0 Å². The molecule has 0 saturated heterocycles. The smallest absolute Gasteiger partial charge is 0.150 e. The Morgan fingerprint density at radius 3 is 2.18 bits per heavy atom. The van der Waals surface area contributed by atoms with E-state index in [4.69, 9.17) is 14.7 Å². The van der Waals surface area contributed by atoms with Crippen LogP contribution >= 0.6 is 0 Å². The van der Waals surface area contributed by atoms with Crippen LogP contribution in [0.3, 0.4) is 0 Å². The molecule has 2 rings (SSSR count). The first-order valence-corrected chi connectivity index (χ1v) is 6.89. The van der Waals surface area contributed by atoms with Gasteiger partial charge in [-0.2, -0.15) is 5.26 Å². The molecule has 0 amide bonds. The molecule has 2 aromatic rings. The maximum absolute atomic E-state index is 10.6. The van der Waals surface area contributed by atoms with Crippen molar-refractivity contribution in [2.45, 2.75) is 13.8 Å². The van der Waals surface area contributed by atoms with Crippen molar-refractivity contribution in [2.75, 3.05) is 13.2 Å². The van der Waals surface area contributed by atoms with Gasteiger partial charge in [0.15, 0.2) is 0 Å². The number of carbonyl (C=O) groups is 1. The van der Waals surface area contributed by atoms with Crippen LogP contribution in [0.25, 0.3) is 0 Å². The molecule has 1 aromatic heterocycles. The molecule has 5 nitrogen and oxygen atoms in total.